The topological polar surface area (TPSA) is 36.4 Å². The first-order valence-electron chi connectivity index (χ1n) is 44.5. The summed E-state index contributed by atoms with van der Waals surface area (Å²) in [6.07, 6.45) is 98.7. The van der Waals surface area contributed by atoms with Crippen LogP contribution in [-0.2, 0) is 29.3 Å². The summed E-state index contributed by atoms with van der Waals surface area (Å²) < 4.78 is 0. The largest absolute Gasteiger partial charge is 2.00 e. The van der Waals surface area contributed by atoms with Crippen molar-refractivity contribution in [2.45, 2.75) is 497 Å². The fourth-order valence-electron chi connectivity index (χ4n) is 14.5. The van der Waals surface area contributed by atoms with E-state index in [0.29, 0.717) is 0 Å². The van der Waals surface area contributed by atoms with Crippen LogP contribution in [0, 0.1) is 13.8 Å². The molecule has 0 radical (unpaired) electrons. The molecule has 0 aliphatic heterocycles. The van der Waals surface area contributed by atoms with Crippen molar-refractivity contribution in [3.05, 3.63) is 101 Å². The summed E-state index contributed by atoms with van der Waals surface area (Å²) in [6, 6.07) is 18.5. The third kappa shape index (κ3) is 67.0. The molecular formula is C95H172N2Ni. The minimum Gasteiger partial charge on any atom is -0.348 e. The van der Waals surface area contributed by atoms with Crippen LogP contribution < -0.4 is 0 Å². The van der Waals surface area contributed by atoms with Gasteiger partial charge < -0.3 is 19.4 Å². The van der Waals surface area contributed by atoms with Gasteiger partial charge in [0, 0.05) is 0 Å². The van der Waals surface area contributed by atoms with Crippen molar-refractivity contribution in [3.63, 3.8) is 0 Å². The number of unbranched alkanes of at least 4 members (excludes halogenated alkanes) is 62. The summed E-state index contributed by atoms with van der Waals surface area (Å²) in [5.41, 5.74) is 18.6. The van der Waals surface area contributed by atoms with Gasteiger partial charge in [0.15, 0.2) is 0 Å². The Kier molecular flexibility index (Phi) is 83.7. The minimum absolute atomic E-state index is 0. The summed E-state index contributed by atoms with van der Waals surface area (Å²) in [4.78, 5) is 3.43. The molecule has 0 unspecified atom stereocenters. The zero-order valence-corrected chi connectivity index (χ0v) is 68.4. The maximum absolute atomic E-state index is 9.62. The van der Waals surface area contributed by atoms with E-state index in [2.05, 4.69) is 115 Å². The second-order valence-electron chi connectivity index (χ2n) is 30.5. The van der Waals surface area contributed by atoms with E-state index in [1.54, 1.807) is 0 Å². The van der Waals surface area contributed by atoms with Crippen molar-refractivity contribution in [3.8, 4) is 0 Å². The Morgan fingerprint density at radius 2 is 0.551 bits per heavy atom. The molecule has 2 aromatic carbocycles. The Morgan fingerprint density at radius 3 is 0.837 bits per heavy atom. The van der Waals surface area contributed by atoms with E-state index in [1.165, 1.54) is 444 Å². The molecule has 0 bridgehead atoms. The summed E-state index contributed by atoms with van der Waals surface area (Å²) in [5.74, 6) is 3.02. The Hall–Kier alpha value is -2.17. The van der Waals surface area contributed by atoms with Crippen LogP contribution in [0.3, 0.4) is 0 Å². The third-order valence-corrected chi connectivity index (χ3v) is 21.0. The van der Waals surface area contributed by atoms with Gasteiger partial charge in [-0.05, 0) is 78.3 Å². The summed E-state index contributed by atoms with van der Waals surface area (Å²) in [6.45, 7) is 21.5. The van der Waals surface area contributed by atoms with Gasteiger partial charge in [0.05, 0.1) is 5.57 Å². The van der Waals surface area contributed by atoms with Crippen molar-refractivity contribution >= 4 is 11.4 Å². The van der Waals surface area contributed by atoms with Crippen LogP contribution in [0.5, 0.6) is 0 Å². The molecule has 2 rings (SSSR count). The first-order valence-corrected chi connectivity index (χ1v) is 44.5. The van der Waals surface area contributed by atoms with Crippen LogP contribution in [0.4, 0.5) is 0 Å². The number of aryl methyl sites for hydroxylation is 2. The van der Waals surface area contributed by atoms with Gasteiger partial charge in [-0.3, -0.25) is 0 Å². The molecule has 0 aromatic heterocycles. The molecule has 0 saturated heterocycles. The van der Waals surface area contributed by atoms with E-state index in [1.807, 2.05) is 0 Å². The molecule has 0 heterocycles. The van der Waals surface area contributed by atoms with Crippen LogP contribution in [0.2, 0.25) is 0 Å². The Labute approximate surface area is 627 Å². The van der Waals surface area contributed by atoms with Gasteiger partial charge in [0.2, 0.25) is 0 Å². The zero-order chi connectivity index (χ0) is 70.3. The number of benzene rings is 2. The fourth-order valence-corrected chi connectivity index (χ4v) is 14.5. The molecular weight excluding hydrogens is 1230 g/mol. The molecule has 0 aliphatic rings. The van der Waals surface area contributed by atoms with E-state index < -0.39 is 0 Å². The minimum atomic E-state index is 0. The van der Waals surface area contributed by atoms with Crippen molar-refractivity contribution < 1.29 is 21.3 Å². The van der Waals surface area contributed by atoms with E-state index >= 15 is 0 Å². The van der Waals surface area contributed by atoms with Crippen LogP contribution >= 0.6 is 0 Å². The molecule has 0 amide bonds. The molecule has 2 nitrogen and oxygen atoms in total. The predicted octanol–water partition coefficient (Wildman–Crippen LogP) is 34.1. The van der Waals surface area contributed by atoms with Crippen LogP contribution in [0.25, 0.3) is 11.1 Å². The predicted molar refractivity (Wildman–Crippen MR) is 442 cm³/mol. The van der Waals surface area contributed by atoms with Crippen LogP contribution in [-0.4, -0.2) is 10.7 Å². The molecule has 0 atom stereocenters. The van der Waals surface area contributed by atoms with Gasteiger partial charge >= 0.3 is 22.4 Å². The number of nitrogens with zero attached hydrogens (tertiary/aromatic N) is 2. The molecule has 0 fully saturated rings. The molecule has 98 heavy (non-hydrogen) atoms. The van der Waals surface area contributed by atoms with Crippen molar-refractivity contribution in [1.29, 1.82) is 0 Å². The third-order valence-electron chi connectivity index (χ3n) is 21.0. The quantitative estimate of drug-likeness (QED) is 0.0120. The van der Waals surface area contributed by atoms with Crippen LogP contribution in [0.1, 0.15) is 507 Å². The zero-order valence-electron chi connectivity index (χ0n) is 67.4. The number of allylic oxidation sites excluding steroid dienone is 2. The summed E-state index contributed by atoms with van der Waals surface area (Å²) in [7, 11) is 0. The van der Waals surface area contributed by atoms with Crippen molar-refractivity contribution in [2.24, 2.45) is 0 Å². The maximum atomic E-state index is 9.62. The van der Waals surface area contributed by atoms with Gasteiger partial charge in [0.1, 0.15) is 0 Å². The molecule has 3 heteroatoms. The Bertz CT molecular complexity index is 1870. The molecule has 0 saturated carbocycles. The Balaban J connectivity index is 0. The second kappa shape index (κ2) is 83.8. The maximum Gasteiger partial charge on any atom is 2.00 e. The average Bonchev–Trinajstić information content (AvgIpc) is 0.806. The first kappa shape index (κ1) is 97.9. The number of rotatable bonds is 72. The van der Waals surface area contributed by atoms with E-state index in [9.17, 15) is 5.53 Å². The fraction of sp³-hybridized carbons (Fsp3) is 0.811. The number of hydrogen-bond acceptors (Lipinski definition) is 0. The van der Waals surface area contributed by atoms with Crippen molar-refractivity contribution in [2.75, 3.05) is 0 Å². The van der Waals surface area contributed by atoms with Crippen LogP contribution in [0.15, 0.2) is 59.7 Å². The summed E-state index contributed by atoms with van der Waals surface area (Å²) in [5, 5.41) is 0. The second-order valence-corrected chi connectivity index (χ2v) is 30.5. The van der Waals surface area contributed by atoms with Gasteiger partial charge in [-0.15, -0.1) is 4.79 Å². The van der Waals surface area contributed by atoms with Gasteiger partial charge in [-0.1, -0.05) is 488 Å². The van der Waals surface area contributed by atoms with Crippen molar-refractivity contribution in [1.82, 2.24) is 0 Å². The Morgan fingerprint density at radius 1 is 0.296 bits per heavy atom. The SMILES string of the molecule is CCCCCCCCCCc1ccc(C(=C(CC)C(=C=[N+]=[N-])CCCCCCCC)c2cccc(CCCCC)c2)cc1.[CH2-]CCCCCCCCCCCCCCCCCCCCCCCCCC.[CH2-]CCCCCCCCCCCCCCCCCCCCCCCCCC.[Ni+2]. The standard InChI is InChI=1S/C41H62N2.2C27H55.Ni/c1-5-9-12-14-16-17-18-21-24-35-29-31-37(32-30-35)41(38-28-23-26-36(33-38)25-20-11-7-3)40(8-4)39(34-43-42)27-22-19-15-13-10-6-2;2*1-3-5-7-9-11-13-15-17-19-21-23-25-27-26-24-22-20-18-16-14-12-10-8-6-4-2;/h23,26,28-33H,5-22,24-25,27H2,1-4H3;2*1,3-27H2,2H3;/q;2*-1;+2. The van der Waals surface area contributed by atoms with Gasteiger partial charge in [0.25, 0.3) is 0 Å². The smallest absolute Gasteiger partial charge is 0.348 e. The molecule has 572 valence electrons. The molecule has 0 aliphatic carbocycles. The molecule has 0 N–H and O–H groups in total. The van der Waals surface area contributed by atoms with Gasteiger partial charge in [-0.2, -0.15) is 12.8 Å². The molecule has 0 spiro atoms. The average molecular weight is 1400 g/mol. The normalized spacial score (nSPS) is 11.3. The summed E-state index contributed by atoms with van der Waals surface area (Å²) >= 11 is 0. The number of hydrogen-bond donors (Lipinski definition) is 0. The van der Waals surface area contributed by atoms with E-state index in [0.717, 1.165) is 50.5 Å². The first-order chi connectivity index (χ1) is 48.0. The monoisotopic (exact) mass is 1400 g/mol. The van der Waals surface area contributed by atoms with E-state index in [-0.39, 0.29) is 16.5 Å². The van der Waals surface area contributed by atoms with E-state index in [4.69, 9.17) is 0 Å². The van der Waals surface area contributed by atoms with Gasteiger partial charge in [-0.25, -0.2) is 0 Å². The molecule has 2 aromatic rings.